The van der Waals surface area contributed by atoms with Crippen molar-refractivity contribution in [2.75, 3.05) is 13.1 Å². The molecule has 26 heavy (non-hydrogen) atoms. The van der Waals surface area contributed by atoms with Gasteiger partial charge in [0, 0.05) is 31.4 Å². The molecular weight excluding hydrogens is 354 g/mol. The van der Waals surface area contributed by atoms with Gasteiger partial charge in [0.2, 0.25) is 0 Å². The third-order valence-electron chi connectivity index (χ3n) is 4.23. The monoisotopic (exact) mass is 371 g/mol. The number of nitrogens with zero attached hydrogens (tertiary/aromatic N) is 2. The first-order valence-corrected chi connectivity index (χ1v) is 8.11. The molecule has 1 fully saturated rings. The van der Waals surface area contributed by atoms with Gasteiger partial charge in [0.05, 0.1) is 5.56 Å². The van der Waals surface area contributed by atoms with Crippen LogP contribution in [0.5, 0.6) is 5.75 Å². The van der Waals surface area contributed by atoms with Gasteiger partial charge in [-0.2, -0.15) is 17.6 Å². The summed E-state index contributed by atoms with van der Waals surface area (Å²) in [5.41, 5.74) is -0.173. The van der Waals surface area contributed by atoms with Crippen LogP contribution in [0.25, 0.3) is 0 Å². The van der Waals surface area contributed by atoms with Gasteiger partial charge in [-0.25, -0.2) is 4.98 Å². The van der Waals surface area contributed by atoms with Crippen LogP contribution in [0.2, 0.25) is 0 Å². The second kappa shape index (κ2) is 7.35. The predicted molar refractivity (Wildman–Crippen MR) is 84.5 cm³/mol. The number of para-hydroxylation sites is 1. The molecule has 1 unspecified atom stereocenters. The zero-order valence-corrected chi connectivity index (χ0v) is 13.7. The Labute approximate surface area is 147 Å². The van der Waals surface area contributed by atoms with Crippen molar-refractivity contribution in [3.8, 4) is 5.75 Å². The van der Waals surface area contributed by atoms with Crippen LogP contribution in [0, 0.1) is 0 Å². The number of amides is 1. The van der Waals surface area contributed by atoms with E-state index in [9.17, 15) is 22.4 Å². The Morgan fingerprint density at radius 1 is 1.35 bits per heavy atom. The number of nitrogens with one attached hydrogen (secondary N) is 1. The molecule has 3 rings (SSSR count). The Morgan fingerprint density at radius 3 is 2.81 bits per heavy atom. The fraction of sp³-hybridized carbons (Fsp3) is 0.412. The summed E-state index contributed by atoms with van der Waals surface area (Å²) in [6, 6.07) is 5.18. The fourth-order valence-electron chi connectivity index (χ4n) is 2.98. The van der Waals surface area contributed by atoms with E-state index < -0.39 is 24.2 Å². The molecule has 9 heteroatoms. The maximum atomic E-state index is 13.3. The van der Waals surface area contributed by atoms with Gasteiger partial charge >= 0.3 is 12.5 Å². The summed E-state index contributed by atoms with van der Waals surface area (Å²) in [5, 5.41) is 0. The molecule has 1 amide bonds. The molecule has 5 nitrogen and oxygen atoms in total. The summed E-state index contributed by atoms with van der Waals surface area (Å²) in [4.78, 5) is 21.5. The molecule has 0 saturated carbocycles. The van der Waals surface area contributed by atoms with E-state index in [1.54, 1.807) is 12.4 Å². The summed E-state index contributed by atoms with van der Waals surface area (Å²) in [6.07, 6.45) is -3.82. The Kier molecular flexibility index (Phi) is 5.15. The summed E-state index contributed by atoms with van der Waals surface area (Å²) in [7, 11) is 0. The lowest BCUT2D eigenvalue weighted by Crippen LogP contribution is -2.40. The van der Waals surface area contributed by atoms with E-state index >= 15 is 0 Å². The predicted octanol–water partition coefficient (Wildman–Crippen LogP) is 3.67. The van der Waals surface area contributed by atoms with Crippen molar-refractivity contribution in [1.82, 2.24) is 14.9 Å². The van der Waals surface area contributed by atoms with Crippen molar-refractivity contribution < 1.29 is 27.1 Å². The zero-order chi connectivity index (χ0) is 18.7. The average Bonchev–Trinajstić information content (AvgIpc) is 3.16. The number of aromatic nitrogens is 2. The number of aromatic amines is 1. The molecule has 0 aliphatic carbocycles. The van der Waals surface area contributed by atoms with Gasteiger partial charge in [-0.05, 0) is 25.0 Å². The third-order valence-corrected chi connectivity index (χ3v) is 4.23. The number of hydrogen-bond acceptors (Lipinski definition) is 3. The molecule has 140 valence electrons. The molecular formula is C17H17F4N3O2. The molecule has 0 spiro atoms. The molecule has 1 aromatic heterocycles. The Bertz CT molecular complexity index is 752. The SMILES string of the molecule is O=C(c1ccccc1OC(F)(F)C(F)F)N1CCCC(c2ncc[nH]2)C1. The van der Waals surface area contributed by atoms with Crippen LogP contribution >= 0.6 is 0 Å². The zero-order valence-electron chi connectivity index (χ0n) is 13.7. The van der Waals surface area contributed by atoms with Crippen molar-refractivity contribution >= 4 is 5.91 Å². The van der Waals surface area contributed by atoms with E-state index in [1.807, 2.05) is 0 Å². The van der Waals surface area contributed by atoms with Crippen molar-refractivity contribution in [2.24, 2.45) is 0 Å². The Hall–Kier alpha value is -2.58. The fourth-order valence-corrected chi connectivity index (χ4v) is 2.98. The summed E-state index contributed by atoms with van der Waals surface area (Å²) >= 11 is 0. The second-order valence-corrected chi connectivity index (χ2v) is 6.03. The van der Waals surface area contributed by atoms with E-state index in [-0.39, 0.29) is 11.5 Å². The van der Waals surface area contributed by atoms with Crippen LogP contribution in [0.1, 0.15) is 34.9 Å². The minimum Gasteiger partial charge on any atom is -0.427 e. The second-order valence-electron chi connectivity index (χ2n) is 6.03. The summed E-state index contributed by atoms with van der Waals surface area (Å²) in [6.45, 7) is 0.793. The van der Waals surface area contributed by atoms with E-state index in [1.165, 1.54) is 23.1 Å². The normalized spacial score (nSPS) is 18.2. The maximum Gasteiger partial charge on any atom is 0.461 e. The quantitative estimate of drug-likeness (QED) is 0.816. The van der Waals surface area contributed by atoms with Crippen molar-refractivity contribution in [1.29, 1.82) is 0 Å². The smallest absolute Gasteiger partial charge is 0.427 e. The van der Waals surface area contributed by atoms with Crippen molar-refractivity contribution in [3.63, 3.8) is 0 Å². The first-order chi connectivity index (χ1) is 12.4. The van der Waals surface area contributed by atoms with E-state index in [0.717, 1.165) is 18.3 Å². The van der Waals surface area contributed by atoms with Crippen LogP contribution in [-0.4, -0.2) is 46.4 Å². The molecule has 0 radical (unpaired) electrons. The maximum absolute atomic E-state index is 13.3. The molecule has 0 bridgehead atoms. The summed E-state index contributed by atoms with van der Waals surface area (Å²) < 4.78 is 55.5. The van der Waals surface area contributed by atoms with E-state index in [4.69, 9.17) is 0 Å². The molecule has 1 saturated heterocycles. The number of imidazole rings is 1. The van der Waals surface area contributed by atoms with Gasteiger partial charge in [-0.3, -0.25) is 4.79 Å². The van der Waals surface area contributed by atoms with Gasteiger partial charge in [0.15, 0.2) is 0 Å². The first kappa shape index (κ1) is 18.2. The molecule has 1 aliphatic heterocycles. The highest BCUT2D eigenvalue weighted by Crippen LogP contribution is 2.32. The molecule has 1 aliphatic rings. The molecule has 1 N–H and O–H groups in total. The number of likely N-dealkylation sites (tertiary alicyclic amines) is 1. The number of alkyl halides is 4. The van der Waals surface area contributed by atoms with Crippen LogP contribution in [0.3, 0.4) is 0 Å². The third kappa shape index (κ3) is 3.81. The van der Waals surface area contributed by atoms with Gasteiger partial charge in [0.1, 0.15) is 11.6 Å². The number of carbonyl (C=O) groups is 1. The number of piperidine rings is 1. The largest absolute Gasteiger partial charge is 0.461 e. The van der Waals surface area contributed by atoms with Gasteiger partial charge in [-0.1, -0.05) is 12.1 Å². The number of rotatable bonds is 5. The highest BCUT2D eigenvalue weighted by molar-refractivity contribution is 5.97. The standard InChI is InChI=1S/C17H17F4N3O2/c18-16(19)17(20,21)26-13-6-2-1-5-12(13)15(25)24-9-3-4-11(10-24)14-22-7-8-23-14/h1-2,5-8,11,16H,3-4,9-10H2,(H,22,23). The molecule has 1 atom stereocenters. The number of H-pyrrole nitrogens is 1. The number of carbonyl (C=O) groups excluding carboxylic acids is 1. The van der Waals surface area contributed by atoms with E-state index in [0.29, 0.717) is 19.5 Å². The highest BCUT2D eigenvalue weighted by Gasteiger charge is 2.44. The van der Waals surface area contributed by atoms with Crippen molar-refractivity contribution in [2.45, 2.75) is 31.3 Å². The Morgan fingerprint density at radius 2 is 2.12 bits per heavy atom. The topological polar surface area (TPSA) is 58.2 Å². The lowest BCUT2D eigenvalue weighted by molar-refractivity contribution is -0.253. The number of benzene rings is 1. The minimum atomic E-state index is -4.67. The molecule has 2 aromatic rings. The lowest BCUT2D eigenvalue weighted by Gasteiger charge is -2.32. The molecule has 1 aromatic carbocycles. The number of ether oxygens (including phenoxy) is 1. The van der Waals surface area contributed by atoms with Crippen LogP contribution < -0.4 is 4.74 Å². The first-order valence-electron chi connectivity index (χ1n) is 8.11. The van der Waals surface area contributed by atoms with Gasteiger partial charge in [0.25, 0.3) is 5.91 Å². The van der Waals surface area contributed by atoms with Gasteiger partial charge in [-0.15, -0.1) is 0 Å². The highest BCUT2D eigenvalue weighted by atomic mass is 19.3. The van der Waals surface area contributed by atoms with Crippen LogP contribution in [0.4, 0.5) is 17.6 Å². The lowest BCUT2D eigenvalue weighted by atomic mass is 9.96. The van der Waals surface area contributed by atoms with E-state index in [2.05, 4.69) is 14.7 Å². The average molecular weight is 371 g/mol. The van der Waals surface area contributed by atoms with Crippen LogP contribution in [0.15, 0.2) is 36.7 Å². The Balaban J connectivity index is 1.79. The van der Waals surface area contributed by atoms with Crippen molar-refractivity contribution in [3.05, 3.63) is 48.0 Å². The number of halogens is 4. The number of hydrogen-bond donors (Lipinski definition) is 1. The summed E-state index contributed by atoms with van der Waals surface area (Å²) in [5.74, 6) is -0.362. The molecule has 2 heterocycles. The van der Waals surface area contributed by atoms with Gasteiger partial charge < -0.3 is 14.6 Å². The minimum absolute atomic E-state index is 0.00159. The van der Waals surface area contributed by atoms with Crippen LogP contribution in [-0.2, 0) is 0 Å².